The first-order chi connectivity index (χ1) is 14.2. The van der Waals surface area contributed by atoms with Crippen molar-refractivity contribution in [2.24, 2.45) is 17.8 Å². The Kier molecular flexibility index (Phi) is 6.89. The maximum Gasteiger partial charge on any atom is 0.227 e. The first-order valence-corrected chi connectivity index (χ1v) is 11.8. The molecule has 1 aliphatic carbocycles. The predicted octanol–water partition coefficient (Wildman–Crippen LogP) is 4.29. The lowest BCUT2D eigenvalue weighted by atomic mass is 9.87. The minimum absolute atomic E-state index is 0.0157. The smallest absolute Gasteiger partial charge is 0.227 e. The van der Waals surface area contributed by atoms with Crippen molar-refractivity contribution in [1.29, 1.82) is 0 Å². The molecule has 29 heavy (non-hydrogen) atoms. The van der Waals surface area contributed by atoms with E-state index in [1.54, 1.807) is 0 Å². The summed E-state index contributed by atoms with van der Waals surface area (Å²) in [5.41, 5.74) is 1.40. The van der Waals surface area contributed by atoms with Crippen molar-refractivity contribution in [1.82, 2.24) is 9.80 Å². The fourth-order valence-corrected chi connectivity index (χ4v) is 5.54. The molecule has 0 spiro atoms. The minimum atomic E-state index is 0.0157. The van der Waals surface area contributed by atoms with E-state index in [2.05, 4.69) is 35.2 Å². The maximum absolute atomic E-state index is 13.2. The lowest BCUT2D eigenvalue weighted by molar-refractivity contribution is -0.144. The quantitative estimate of drug-likeness (QED) is 0.745. The van der Waals surface area contributed by atoms with Crippen LogP contribution in [-0.4, -0.2) is 47.8 Å². The van der Waals surface area contributed by atoms with Crippen LogP contribution in [0, 0.1) is 17.8 Å². The number of carbonyl (C=O) groups excluding carboxylic acids is 2. The molecule has 0 bridgehead atoms. The molecule has 2 heterocycles. The topological polar surface area (TPSA) is 40.6 Å². The Balaban J connectivity index is 1.26. The van der Waals surface area contributed by atoms with Gasteiger partial charge in [0.05, 0.1) is 5.92 Å². The zero-order valence-corrected chi connectivity index (χ0v) is 17.7. The van der Waals surface area contributed by atoms with E-state index >= 15 is 0 Å². The second-order valence-corrected chi connectivity index (χ2v) is 9.50. The number of nitrogens with zero attached hydrogens (tertiary/aromatic N) is 2. The average Bonchev–Trinajstić information content (AvgIpc) is 2.77. The van der Waals surface area contributed by atoms with Gasteiger partial charge in [0.1, 0.15) is 0 Å². The molecule has 4 nitrogen and oxygen atoms in total. The zero-order chi connectivity index (χ0) is 20.1. The fourth-order valence-electron chi connectivity index (χ4n) is 5.54. The molecule has 2 amide bonds. The predicted molar refractivity (Wildman–Crippen MR) is 115 cm³/mol. The molecular formula is C25H36N2O2. The molecule has 0 radical (unpaired) electrons. The van der Waals surface area contributed by atoms with E-state index in [0.29, 0.717) is 30.7 Å². The molecule has 0 N–H and O–H groups in total. The average molecular weight is 397 g/mol. The number of rotatable bonds is 5. The van der Waals surface area contributed by atoms with Gasteiger partial charge in [-0.05, 0) is 55.9 Å². The summed E-state index contributed by atoms with van der Waals surface area (Å²) in [7, 11) is 0. The molecule has 0 unspecified atom stereocenters. The third kappa shape index (κ3) is 5.40. The van der Waals surface area contributed by atoms with Gasteiger partial charge in [-0.3, -0.25) is 9.59 Å². The van der Waals surface area contributed by atoms with E-state index in [1.807, 2.05) is 4.90 Å². The highest BCUT2D eigenvalue weighted by molar-refractivity contribution is 5.84. The van der Waals surface area contributed by atoms with Crippen LogP contribution in [0.1, 0.15) is 63.4 Å². The Labute approximate surface area is 175 Å². The van der Waals surface area contributed by atoms with Crippen molar-refractivity contribution in [3.8, 4) is 0 Å². The highest BCUT2D eigenvalue weighted by Crippen LogP contribution is 2.29. The van der Waals surface area contributed by atoms with E-state index < -0.39 is 0 Å². The largest absolute Gasteiger partial charge is 0.342 e. The number of carbonyl (C=O) groups is 2. The van der Waals surface area contributed by atoms with Crippen LogP contribution < -0.4 is 0 Å². The van der Waals surface area contributed by atoms with E-state index in [0.717, 1.165) is 45.3 Å². The molecule has 1 atom stereocenters. The lowest BCUT2D eigenvalue weighted by Gasteiger charge is -2.39. The molecule has 4 rings (SSSR count). The summed E-state index contributed by atoms with van der Waals surface area (Å²) >= 11 is 0. The molecular weight excluding hydrogens is 360 g/mol. The number of piperidine rings is 2. The van der Waals surface area contributed by atoms with E-state index in [4.69, 9.17) is 0 Å². The summed E-state index contributed by atoms with van der Waals surface area (Å²) in [6.45, 7) is 3.28. The van der Waals surface area contributed by atoms with Crippen molar-refractivity contribution in [2.75, 3.05) is 26.2 Å². The lowest BCUT2D eigenvalue weighted by Crippen LogP contribution is -2.50. The highest BCUT2D eigenvalue weighted by atomic mass is 16.2. The van der Waals surface area contributed by atoms with Crippen LogP contribution in [-0.2, 0) is 16.0 Å². The molecule has 1 aromatic rings. The molecule has 3 fully saturated rings. The maximum atomic E-state index is 13.2. The van der Waals surface area contributed by atoms with Crippen LogP contribution in [0.4, 0.5) is 0 Å². The van der Waals surface area contributed by atoms with Gasteiger partial charge in [-0.25, -0.2) is 0 Å². The number of hydrogen-bond donors (Lipinski definition) is 0. The normalized spacial score (nSPS) is 24.7. The number of hydrogen-bond acceptors (Lipinski definition) is 2. The van der Waals surface area contributed by atoms with Gasteiger partial charge in [-0.15, -0.1) is 0 Å². The summed E-state index contributed by atoms with van der Waals surface area (Å²) in [5, 5.41) is 0. The van der Waals surface area contributed by atoms with Gasteiger partial charge < -0.3 is 9.80 Å². The van der Waals surface area contributed by atoms with E-state index in [9.17, 15) is 9.59 Å². The Morgan fingerprint density at radius 3 is 2.34 bits per heavy atom. The van der Waals surface area contributed by atoms with Crippen LogP contribution in [0.3, 0.4) is 0 Å². The van der Waals surface area contributed by atoms with Crippen molar-refractivity contribution >= 4 is 11.8 Å². The van der Waals surface area contributed by atoms with Crippen LogP contribution in [0.5, 0.6) is 0 Å². The first kappa shape index (κ1) is 20.4. The van der Waals surface area contributed by atoms with Gasteiger partial charge in [0.25, 0.3) is 0 Å². The van der Waals surface area contributed by atoms with Crippen molar-refractivity contribution in [3.05, 3.63) is 35.9 Å². The third-order valence-corrected chi connectivity index (χ3v) is 7.35. The minimum Gasteiger partial charge on any atom is -0.342 e. The van der Waals surface area contributed by atoms with Crippen molar-refractivity contribution in [2.45, 2.75) is 64.2 Å². The van der Waals surface area contributed by atoms with Gasteiger partial charge in [-0.2, -0.15) is 0 Å². The van der Waals surface area contributed by atoms with Crippen LogP contribution in [0.2, 0.25) is 0 Å². The third-order valence-electron chi connectivity index (χ3n) is 7.35. The van der Waals surface area contributed by atoms with Crippen molar-refractivity contribution < 1.29 is 9.59 Å². The van der Waals surface area contributed by atoms with E-state index in [-0.39, 0.29) is 11.8 Å². The van der Waals surface area contributed by atoms with Crippen molar-refractivity contribution in [3.63, 3.8) is 0 Å². The summed E-state index contributed by atoms with van der Waals surface area (Å²) in [6.07, 6.45) is 11.0. The molecule has 1 aromatic carbocycles. The van der Waals surface area contributed by atoms with Crippen LogP contribution in [0.15, 0.2) is 30.3 Å². The Morgan fingerprint density at radius 2 is 1.62 bits per heavy atom. The number of likely N-dealkylation sites (tertiary alicyclic amines) is 2. The van der Waals surface area contributed by atoms with E-state index in [1.165, 1.54) is 37.7 Å². The molecule has 3 aliphatic rings. The van der Waals surface area contributed by atoms with Crippen LogP contribution >= 0.6 is 0 Å². The van der Waals surface area contributed by atoms with Crippen LogP contribution in [0.25, 0.3) is 0 Å². The SMILES string of the molecule is O=C1CC[C@@H](C(=O)N2CCC(Cc3ccccc3)CC2)CN1CC1CCCCC1. The Morgan fingerprint density at radius 1 is 0.897 bits per heavy atom. The highest BCUT2D eigenvalue weighted by Gasteiger charge is 2.35. The van der Waals surface area contributed by atoms with Gasteiger partial charge in [-0.1, -0.05) is 49.6 Å². The second-order valence-electron chi connectivity index (χ2n) is 9.50. The van der Waals surface area contributed by atoms with Gasteiger partial charge in [0.15, 0.2) is 0 Å². The number of amides is 2. The molecule has 0 aromatic heterocycles. The Bertz CT molecular complexity index is 675. The monoisotopic (exact) mass is 396 g/mol. The number of benzene rings is 1. The zero-order valence-electron chi connectivity index (χ0n) is 17.7. The molecule has 2 aliphatic heterocycles. The summed E-state index contributed by atoms with van der Waals surface area (Å²) in [6, 6.07) is 10.7. The molecule has 158 valence electrons. The summed E-state index contributed by atoms with van der Waals surface area (Å²) < 4.78 is 0. The summed E-state index contributed by atoms with van der Waals surface area (Å²) in [4.78, 5) is 29.7. The fraction of sp³-hybridized carbons (Fsp3) is 0.680. The second kappa shape index (κ2) is 9.77. The van der Waals surface area contributed by atoms with Gasteiger partial charge in [0, 0.05) is 32.6 Å². The summed E-state index contributed by atoms with van der Waals surface area (Å²) in [5.74, 6) is 1.90. The van der Waals surface area contributed by atoms with Gasteiger partial charge >= 0.3 is 0 Å². The Hall–Kier alpha value is -1.84. The molecule has 1 saturated carbocycles. The molecule has 2 saturated heterocycles. The molecule has 4 heteroatoms. The van der Waals surface area contributed by atoms with Gasteiger partial charge in [0.2, 0.25) is 11.8 Å². The first-order valence-electron chi connectivity index (χ1n) is 11.8. The standard InChI is InChI=1S/C25H36N2O2/c28-24-12-11-23(19-27(24)18-22-9-5-2-6-10-22)25(29)26-15-13-21(14-16-26)17-20-7-3-1-4-8-20/h1,3-4,7-8,21-23H,2,5-6,9-19H2/t23-/m1/s1.